The molecule has 0 radical (unpaired) electrons. The summed E-state index contributed by atoms with van der Waals surface area (Å²) in [6.07, 6.45) is 9.99. The predicted molar refractivity (Wildman–Crippen MR) is 116 cm³/mol. The van der Waals surface area contributed by atoms with E-state index in [9.17, 15) is 14.0 Å². The van der Waals surface area contributed by atoms with Gasteiger partial charge in [0, 0.05) is 37.6 Å². The van der Waals surface area contributed by atoms with E-state index >= 15 is 0 Å². The summed E-state index contributed by atoms with van der Waals surface area (Å²) in [4.78, 5) is 27.0. The lowest BCUT2D eigenvalue weighted by Crippen LogP contribution is -2.60. The number of nitrogens with zero attached hydrogens (tertiary/aromatic N) is 1. The second kappa shape index (κ2) is 7.57. The Bertz CT molecular complexity index is 794. The average molecular weight is 433 g/mol. The van der Waals surface area contributed by atoms with E-state index in [4.69, 9.17) is 4.74 Å². The number of rotatable bonds is 3. The first-order chi connectivity index (χ1) is 14.8. The van der Waals surface area contributed by atoms with Crippen LogP contribution in [0.5, 0.6) is 0 Å². The molecule has 2 amide bonds. The smallest absolute Gasteiger partial charge is 0.282 e. The Balaban J connectivity index is 1.34. The van der Waals surface area contributed by atoms with Crippen molar-refractivity contribution in [3.8, 4) is 0 Å². The van der Waals surface area contributed by atoms with Crippen molar-refractivity contribution in [1.82, 2.24) is 10.2 Å². The number of nitrogens with one attached hydrogen (secondary N) is 1. The van der Waals surface area contributed by atoms with Crippen LogP contribution in [0.3, 0.4) is 0 Å². The maximum Gasteiger partial charge on any atom is 0.282 e. The molecule has 172 valence electrons. The number of likely N-dealkylation sites (N-methyl/N-ethyl adjacent to an activating group) is 1. The van der Waals surface area contributed by atoms with Gasteiger partial charge in [-0.1, -0.05) is 13.8 Å². The van der Waals surface area contributed by atoms with E-state index in [1.165, 1.54) is 0 Å². The lowest BCUT2D eigenvalue weighted by Gasteiger charge is -2.60. The van der Waals surface area contributed by atoms with Crippen molar-refractivity contribution in [2.24, 2.45) is 34.5 Å². The van der Waals surface area contributed by atoms with Crippen LogP contribution in [0.4, 0.5) is 4.39 Å². The molecule has 0 aromatic carbocycles. The van der Waals surface area contributed by atoms with Gasteiger partial charge in [0.15, 0.2) is 5.83 Å². The highest BCUT2D eigenvalue weighted by Crippen LogP contribution is 2.65. The Kier molecular flexibility index (Phi) is 5.23. The van der Waals surface area contributed by atoms with Crippen LogP contribution in [-0.2, 0) is 14.3 Å². The Hall–Kier alpha value is -1.43. The monoisotopic (exact) mass is 432 g/mol. The minimum Gasteiger partial charge on any atom is -0.376 e. The van der Waals surface area contributed by atoms with Gasteiger partial charge in [-0.3, -0.25) is 9.59 Å². The number of ether oxygens (including phenoxy) is 1. The zero-order valence-electron chi connectivity index (χ0n) is 19.2. The van der Waals surface area contributed by atoms with Crippen molar-refractivity contribution < 1.29 is 18.7 Å². The average Bonchev–Trinajstić information content (AvgIpc) is 3.37. The van der Waals surface area contributed by atoms with E-state index in [2.05, 4.69) is 19.2 Å². The molecule has 3 aliphatic carbocycles. The summed E-state index contributed by atoms with van der Waals surface area (Å²) in [6, 6.07) is 0.0806. The quantitative estimate of drug-likeness (QED) is 0.737. The van der Waals surface area contributed by atoms with Crippen molar-refractivity contribution >= 4 is 11.8 Å². The highest BCUT2D eigenvalue weighted by molar-refractivity contribution is 5.92. The van der Waals surface area contributed by atoms with Crippen molar-refractivity contribution in [3.05, 3.63) is 11.9 Å². The molecule has 8 atom stereocenters. The number of amides is 2. The lowest BCUT2D eigenvalue weighted by atomic mass is 9.47. The highest BCUT2D eigenvalue weighted by Gasteiger charge is 2.62. The van der Waals surface area contributed by atoms with E-state index in [0.29, 0.717) is 24.3 Å². The van der Waals surface area contributed by atoms with Gasteiger partial charge in [-0.15, -0.1) is 0 Å². The summed E-state index contributed by atoms with van der Waals surface area (Å²) in [5, 5.41) is 3.20. The van der Waals surface area contributed by atoms with Crippen LogP contribution in [-0.4, -0.2) is 49.1 Å². The van der Waals surface area contributed by atoms with Crippen LogP contribution < -0.4 is 5.32 Å². The molecule has 0 aromatic rings. The summed E-state index contributed by atoms with van der Waals surface area (Å²) >= 11 is 0. The van der Waals surface area contributed by atoms with Gasteiger partial charge < -0.3 is 15.0 Å². The molecule has 1 saturated heterocycles. The fraction of sp³-hybridized carbons (Fsp3) is 0.840. The lowest BCUT2D eigenvalue weighted by molar-refractivity contribution is -0.145. The third kappa shape index (κ3) is 3.19. The molecule has 0 bridgehead atoms. The first-order valence-corrected chi connectivity index (χ1v) is 12.3. The summed E-state index contributed by atoms with van der Waals surface area (Å²) in [7, 11) is 1.76. The highest BCUT2D eigenvalue weighted by atomic mass is 19.1. The van der Waals surface area contributed by atoms with Crippen LogP contribution in [0.2, 0.25) is 0 Å². The Labute approximate surface area is 185 Å². The van der Waals surface area contributed by atoms with Crippen LogP contribution >= 0.6 is 0 Å². The van der Waals surface area contributed by atoms with Gasteiger partial charge in [0.1, 0.15) is 0 Å². The van der Waals surface area contributed by atoms with Crippen molar-refractivity contribution in [3.63, 3.8) is 0 Å². The van der Waals surface area contributed by atoms with Crippen LogP contribution in [0.1, 0.15) is 65.2 Å². The number of halogens is 1. The van der Waals surface area contributed by atoms with Crippen LogP contribution in [0.15, 0.2) is 11.9 Å². The number of carbonyl (C=O) groups excluding carboxylic acids is 2. The SMILES string of the molecule is CN1C(=O)C(F)=C[C@]2(C)C3CC[C@]4(C)[C@@H](C(=O)NC[C@H]5CCCO5)CC[C@H]4C3CC[C@@H]12. The molecular formula is C25H37FN2O3. The number of carbonyl (C=O) groups is 2. The zero-order valence-corrected chi connectivity index (χ0v) is 19.2. The summed E-state index contributed by atoms with van der Waals surface area (Å²) < 4.78 is 20.2. The number of hydrogen-bond donors (Lipinski definition) is 1. The minimum atomic E-state index is -0.590. The molecule has 0 spiro atoms. The summed E-state index contributed by atoms with van der Waals surface area (Å²) in [6.45, 7) is 5.94. The van der Waals surface area contributed by atoms with E-state index < -0.39 is 11.7 Å². The van der Waals surface area contributed by atoms with E-state index in [1.807, 2.05) is 0 Å². The fourth-order valence-corrected chi connectivity index (χ4v) is 8.40. The molecule has 4 fully saturated rings. The standard InChI is InChI=1S/C25H37FN2O3/c1-24-11-10-18-16(6-9-21-25(18,2)13-20(26)23(30)28(21)3)17(24)7-8-19(24)22(29)27-14-15-5-4-12-31-15/h13,15-19,21H,4-12,14H2,1-3H3,(H,27,29)/t15-,16?,17+,18?,19-,21-,24+,25-/m1/s1. The predicted octanol–water partition coefficient (Wildman–Crippen LogP) is 3.83. The molecule has 5 aliphatic rings. The topological polar surface area (TPSA) is 58.6 Å². The third-order valence-corrected chi connectivity index (χ3v) is 10.0. The summed E-state index contributed by atoms with van der Waals surface area (Å²) in [5.41, 5.74) is -0.291. The van der Waals surface area contributed by atoms with Gasteiger partial charge in [-0.25, -0.2) is 4.39 Å². The van der Waals surface area contributed by atoms with Gasteiger partial charge in [0.05, 0.1) is 6.10 Å². The fourth-order valence-electron chi connectivity index (χ4n) is 8.40. The molecule has 2 heterocycles. The molecule has 6 heteroatoms. The molecule has 3 saturated carbocycles. The maximum atomic E-state index is 14.5. The minimum absolute atomic E-state index is 0.0175. The van der Waals surface area contributed by atoms with E-state index in [1.54, 1.807) is 18.0 Å². The molecule has 2 unspecified atom stereocenters. The normalized spacial score (nSPS) is 46.8. The van der Waals surface area contributed by atoms with Gasteiger partial charge in [-0.2, -0.15) is 0 Å². The van der Waals surface area contributed by atoms with Gasteiger partial charge in [0.2, 0.25) is 5.91 Å². The molecule has 5 rings (SSSR count). The van der Waals surface area contributed by atoms with Gasteiger partial charge in [0.25, 0.3) is 5.91 Å². The third-order valence-electron chi connectivity index (χ3n) is 10.0. The number of hydrogen-bond acceptors (Lipinski definition) is 3. The molecule has 0 aromatic heterocycles. The molecule has 31 heavy (non-hydrogen) atoms. The largest absolute Gasteiger partial charge is 0.376 e. The molecule has 5 nitrogen and oxygen atoms in total. The van der Waals surface area contributed by atoms with Crippen molar-refractivity contribution in [2.75, 3.05) is 20.2 Å². The first-order valence-electron chi connectivity index (χ1n) is 12.3. The first kappa shape index (κ1) is 21.4. The van der Waals surface area contributed by atoms with Gasteiger partial charge in [-0.05, 0) is 80.6 Å². The second-order valence-electron chi connectivity index (χ2n) is 11.3. The Morgan fingerprint density at radius 3 is 2.74 bits per heavy atom. The second-order valence-corrected chi connectivity index (χ2v) is 11.3. The van der Waals surface area contributed by atoms with Crippen molar-refractivity contribution in [1.29, 1.82) is 0 Å². The van der Waals surface area contributed by atoms with Crippen LogP contribution in [0.25, 0.3) is 0 Å². The molecule has 2 aliphatic heterocycles. The maximum absolute atomic E-state index is 14.5. The van der Waals surface area contributed by atoms with Crippen LogP contribution in [0, 0.1) is 34.5 Å². The van der Waals surface area contributed by atoms with E-state index in [0.717, 1.165) is 58.0 Å². The van der Waals surface area contributed by atoms with Gasteiger partial charge >= 0.3 is 0 Å². The molecule has 1 N–H and O–H groups in total. The van der Waals surface area contributed by atoms with Crippen molar-refractivity contribution in [2.45, 2.75) is 77.4 Å². The van der Waals surface area contributed by atoms with E-state index in [-0.39, 0.29) is 34.8 Å². The Morgan fingerprint density at radius 2 is 2.00 bits per heavy atom. The summed E-state index contributed by atoms with van der Waals surface area (Å²) in [5.74, 6) is 0.586. The molecular weight excluding hydrogens is 395 g/mol. The number of fused-ring (bicyclic) bond motifs is 5. The Morgan fingerprint density at radius 1 is 1.19 bits per heavy atom. The zero-order chi connectivity index (χ0) is 22.0.